The van der Waals surface area contributed by atoms with E-state index in [1.807, 2.05) is 43.3 Å². The fourth-order valence-corrected chi connectivity index (χ4v) is 1.16. The average molecular weight is 190 g/mol. The molecule has 0 saturated heterocycles. The summed E-state index contributed by atoms with van der Waals surface area (Å²) in [4.78, 5) is 10.8. The SMILES string of the molecule is COC(=O)/C=C/C(C)c1ccccc1. The van der Waals surface area contributed by atoms with Gasteiger partial charge in [-0.3, -0.25) is 0 Å². The molecule has 1 aromatic carbocycles. The number of rotatable bonds is 3. The standard InChI is InChI=1S/C12H14O2/c1-10(8-9-12(13)14-2)11-6-4-3-5-7-11/h3-10H,1-2H3/b9-8+. The minimum absolute atomic E-state index is 0.232. The van der Waals surface area contributed by atoms with E-state index in [4.69, 9.17) is 0 Å². The Bertz CT molecular complexity index is 314. The van der Waals surface area contributed by atoms with E-state index >= 15 is 0 Å². The first-order valence-corrected chi connectivity index (χ1v) is 4.55. The van der Waals surface area contributed by atoms with E-state index in [-0.39, 0.29) is 11.9 Å². The molecule has 1 unspecified atom stereocenters. The number of hydrogen-bond donors (Lipinski definition) is 0. The number of carbonyl (C=O) groups is 1. The van der Waals surface area contributed by atoms with Crippen LogP contribution in [0.15, 0.2) is 42.5 Å². The number of hydrogen-bond acceptors (Lipinski definition) is 2. The number of carbonyl (C=O) groups excluding carboxylic acids is 1. The smallest absolute Gasteiger partial charge is 0.330 e. The summed E-state index contributed by atoms with van der Waals surface area (Å²) in [5.41, 5.74) is 1.19. The van der Waals surface area contributed by atoms with Gasteiger partial charge in [-0.25, -0.2) is 4.79 Å². The van der Waals surface area contributed by atoms with Crippen molar-refractivity contribution in [3.8, 4) is 0 Å². The molecule has 0 saturated carbocycles. The molecule has 14 heavy (non-hydrogen) atoms. The first kappa shape index (κ1) is 10.5. The predicted octanol–water partition coefficient (Wildman–Crippen LogP) is 2.52. The van der Waals surface area contributed by atoms with Crippen molar-refractivity contribution in [2.45, 2.75) is 12.8 Å². The molecule has 0 spiro atoms. The lowest BCUT2D eigenvalue weighted by Gasteiger charge is -2.04. The van der Waals surface area contributed by atoms with E-state index in [9.17, 15) is 4.79 Å². The van der Waals surface area contributed by atoms with E-state index in [0.29, 0.717) is 0 Å². The molecule has 0 bridgehead atoms. The number of ether oxygens (including phenoxy) is 1. The highest BCUT2D eigenvalue weighted by molar-refractivity contribution is 5.81. The Kier molecular flexibility index (Phi) is 3.92. The lowest BCUT2D eigenvalue weighted by atomic mass is 10.0. The first-order valence-electron chi connectivity index (χ1n) is 4.55. The van der Waals surface area contributed by atoms with Gasteiger partial charge in [0.25, 0.3) is 0 Å². The Hall–Kier alpha value is -1.57. The molecule has 0 aromatic heterocycles. The Labute approximate surface area is 84.2 Å². The first-order chi connectivity index (χ1) is 6.74. The summed E-state index contributed by atoms with van der Waals surface area (Å²) in [6, 6.07) is 10.0. The molecule has 74 valence electrons. The summed E-state index contributed by atoms with van der Waals surface area (Å²) in [5, 5.41) is 0. The van der Waals surface area contributed by atoms with Gasteiger partial charge in [-0.2, -0.15) is 0 Å². The van der Waals surface area contributed by atoms with Crippen LogP contribution in [0.1, 0.15) is 18.4 Å². The van der Waals surface area contributed by atoms with Gasteiger partial charge in [0.05, 0.1) is 7.11 Å². The van der Waals surface area contributed by atoms with Gasteiger partial charge in [-0.1, -0.05) is 43.3 Å². The van der Waals surface area contributed by atoms with Crippen molar-refractivity contribution in [3.05, 3.63) is 48.0 Å². The molecule has 0 aliphatic heterocycles. The van der Waals surface area contributed by atoms with Crippen LogP contribution in [0.4, 0.5) is 0 Å². The minimum Gasteiger partial charge on any atom is -0.466 e. The minimum atomic E-state index is -0.312. The second-order valence-corrected chi connectivity index (χ2v) is 3.08. The molecule has 0 aliphatic rings. The van der Waals surface area contributed by atoms with Gasteiger partial charge in [0, 0.05) is 6.08 Å². The lowest BCUT2D eigenvalue weighted by Crippen LogP contribution is -1.96. The van der Waals surface area contributed by atoms with Crippen molar-refractivity contribution in [2.75, 3.05) is 7.11 Å². The van der Waals surface area contributed by atoms with E-state index < -0.39 is 0 Å². The third-order valence-electron chi connectivity index (χ3n) is 2.05. The van der Waals surface area contributed by atoms with Gasteiger partial charge in [0.2, 0.25) is 0 Å². The van der Waals surface area contributed by atoms with Crippen LogP contribution in [-0.4, -0.2) is 13.1 Å². The van der Waals surface area contributed by atoms with E-state index in [0.717, 1.165) is 0 Å². The maximum Gasteiger partial charge on any atom is 0.330 e. The molecule has 1 rings (SSSR count). The lowest BCUT2D eigenvalue weighted by molar-refractivity contribution is -0.134. The van der Waals surface area contributed by atoms with E-state index in [1.54, 1.807) is 0 Å². The third-order valence-corrected chi connectivity index (χ3v) is 2.05. The summed E-state index contributed by atoms with van der Waals surface area (Å²) in [6.45, 7) is 2.04. The zero-order chi connectivity index (χ0) is 10.4. The van der Waals surface area contributed by atoms with Crippen LogP contribution in [0.25, 0.3) is 0 Å². The molecule has 0 aliphatic carbocycles. The Morgan fingerprint density at radius 1 is 1.36 bits per heavy atom. The average Bonchev–Trinajstić information content (AvgIpc) is 2.26. The van der Waals surface area contributed by atoms with Gasteiger partial charge in [0.15, 0.2) is 0 Å². The second kappa shape index (κ2) is 5.22. The summed E-state index contributed by atoms with van der Waals surface area (Å²) in [6.07, 6.45) is 3.29. The monoisotopic (exact) mass is 190 g/mol. The normalized spacial score (nSPS) is 12.7. The molecule has 1 aromatic rings. The molecule has 2 heteroatoms. The van der Waals surface area contributed by atoms with Crippen LogP contribution in [0.5, 0.6) is 0 Å². The summed E-state index contributed by atoms with van der Waals surface area (Å²) in [7, 11) is 1.37. The molecule has 0 fully saturated rings. The van der Waals surface area contributed by atoms with Crippen LogP contribution in [0, 0.1) is 0 Å². The largest absolute Gasteiger partial charge is 0.466 e. The van der Waals surface area contributed by atoms with Crippen molar-refractivity contribution >= 4 is 5.97 Å². The van der Waals surface area contributed by atoms with Gasteiger partial charge < -0.3 is 4.74 Å². The fourth-order valence-electron chi connectivity index (χ4n) is 1.16. The summed E-state index contributed by atoms with van der Waals surface area (Å²) >= 11 is 0. The molecule has 0 heterocycles. The van der Waals surface area contributed by atoms with Gasteiger partial charge in [-0.15, -0.1) is 0 Å². The summed E-state index contributed by atoms with van der Waals surface area (Å²) < 4.78 is 4.51. The quantitative estimate of drug-likeness (QED) is 0.540. The van der Waals surface area contributed by atoms with Crippen molar-refractivity contribution in [3.63, 3.8) is 0 Å². The Morgan fingerprint density at radius 3 is 2.57 bits per heavy atom. The van der Waals surface area contributed by atoms with Crippen LogP contribution in [0.2, 0.25) is 0 Å². The van der Waals surface area contributed by atoms with Crippen LogP contribution in [0.3, 0.4) is 0 Å². The van der Waals surface area contributed by atoms with Crippen LogP contribution >= 0.6 is 0 Å². The Balaban J connectivity index is 2.63. The molecular formula is C12H14O2. The number of allylic oxidation sites excluding steroid dienone is 1. The maximum atomic E-state index is 10.8. The van der Waals surface area contributed by atoms with Crippen molar-refractivity contribution in [1.29, 1.82) is 0 Å². The van der Waals surface area contributed by atoms with Gasteiger partial charge in [-0.05, 0) is 11.5 Å². The number of methoxy groups -OCH3 is 1. The fraction of sp³-hybridized carbons (Fsp3) is 0.250. The molecule has 0 N–H and O–H groups in total. The highest BCUT2D eigenvalue weighted by atomic mass is 16.5. The van der Waals surface area contributed by atoms with E-state index in [2.05, 4.69) is 4.74 Å². The second-order valence-electron chi connectivity index (χ2n) is 3.08. The third kappa shape index (κ3) is 3.05. The maximum absolute atomic E-state index is 10.8. The van der Waals surface area contributed by atoms with Crippen molar-refractivity contribution in [1.82, 2.24) is 0 Å². The highest BCUT2D eigenvalue weighted by Gasteiger charge is 2.00. The Morgan fingerprint density at radius 2 is 2.00 bits per heavy atom. The van der Waals surface area contributed by atoms with Gasteiger partial charge in [0.1, 0.15) is 0 Å². The molecular weight excluding hydrogens is 176 g/mol. The van der Waals surface area contributed by atoms with Crippen LogP contribution < -0.4 is 0 Å². The number of esters is 1. The zero-order valence-electron chi connectivity index (χ0n) is 8.44. The van der Waals surface area contributed by atoms with Crippen molar-refractivity contribution in [2.24, 2.45) is 0 Å². The van der Waals surface area contributed by atoms with Crippen LogP contribution in [-0.2, 0) is 9.53 Å². The highest BCUT2D eigenvalue weighted by Crippen LogP contribution is 2.15. The predicted molar refractivity (Wildman–Crippen MR) is 56.0 cm³/mol. The summed E-state index contributed by atoms with van der Waals surface area (Å²) in [5.74, 6) is -0.0805. The zero-order valence-corrected chi connectivity index (χ0v) is 8.44. The number of benzene rings is 1. The van der Waals surface area contributed by atoms with Gasteiger partial charge >= 0.3 is 5.97 Å². The molecule has 1 atom stereocenters. The molecule has 0 amide bonds. The molecule has 2 nitrogen and oxygen atoms in total. The topological polar surface area (TPSA) is 26.3 Å². The van der Waals surface area contributed by atoms with Crippen molar-refractivity contribution < 1.29 is 9.53 Å². The molecule has 0 radical (unpaired) electrons. The van der Waals surface area contributed by atoms with E-state index in [1.165, 1.54) is 18.7 Å².